The Morgan fingerprint density at radius 2 is 1.93 bits per heavy atom. The third kappa shape index (κ3) is 4.15. The summed E-state index contributed by atoms with van der Waals surface area (Å²) in [4.78, 5) is 27.5. The van der Waals surface area contributed by atoms with Gasteiger partial charge in [-0.1, -0.05) is 24.3 Å². The number of aliphatic carboxylic acids is 1. The van der Waals surface area contributed by atoms with Crippen LogP contribution in [0.3, 0.4) is 0 Å². The number of hydrogen-bond acceptors (Lipinski definition) is 4. The van der Waals surface area contributed by atoms with Crippen molar-refractivity contribution in [2.75, 3.05) is 6.54 Å². The standard InChI is InChI=1S/C20H22N4O3/c1-24-17-9-8-15(20(27)22-10-2-3-18(25)26)11-16(17)23-19(24)14-6-4-13(12-21)5-7-14/h4-9,11H,2-3,10,12,21H2,1H3,(H,22,27)(H,25,26). The van der Waals surface area contributed by atoms with Crippen LogP contribution in [0, 0.1) is 0 Å². The van der Waals surface area contributed by atoms with Crippen molar-refractivity contribution in [1.82, 2.24) is 14.9 Å². The summed E-state index contributed by atoms with van der Waals surface area (Å²) < 4.78 is 1.99. The third-order valence-corrected chi connectivity index (χ3v) is 4.44. The summed E-state index contributed by atoms with van der Waals surface area (Å²) >= 11 is 0. The van der Waals surface area contributed by atoms with Crippen LogP contribution in [0.15, 0.2) is 42.5 Å². The molecule has 1 heterocycles. The lowest BCUT2D eigenvalue weighted by molar-refractivity contribution is -0.137. The van der Waals surface area contributed by atoms with Gasteiger partial charge in [-0.3, -0.25) is 9.59 Å². The fourth-order valence-corrected chi connectivity index (χ4v) is 2.93. The lowest BCUT2D eigenvalue weighted by atomic mass is 10.1. The van der Waals surface area contributed by atoms with Gasteiger partial charge in [0.15, 0.2) is 0 Å². The van der Waals surface area contributed by atoms with E-state index in [1.165, 1.54) is 0 Å². The molecule has 0 saturated carbocycles. The second kappa shape index (κ2) is 8.01. The quantitative estimate of drug-likeness (QED) is 0.556. The summed E-state index contributed by atoms with van der Waals surface area (Å²) in [7, 11) is 1.94. The maximum Gasteiger partial charge on any atom is 0.303 e. The number of nitrogens with zero attached hydrogens (tertiary/aromatic N) is 2. The summed E-state index contributed by atoms with van der Waals surface area (Å²) in [6.45, 7) is 0.817. The number of rotatable bonds is 7. The number of fused-ring (bicyclic) bond motifs is 1. The average molecular weight is 366 g/mol. The first-order chi connectivity index (χ1) is 13.0. The largest absolute Gasteiger partial charge is 0.481 e. The number of amides is 1. The number of carboxylic acid groups (broad SMARTS) is 1. The average Bonchev–Trinajstić information content (AvgIpc) is 3.01. The molecule has 4 N–H and O–H groups in total. The Hall–Kier alpha value is -3.19. The number of carbonyl (C=O) groups excluding carboxylic acids is 1. The van der Waals surface area contributed by atoms with Crippen molar-refractivity contribution in [3.05, 3.63) is 53.6 Å². The summed E-state index contributed by atoms with van der Waals surface area (Å²) in [5.41, 5.74) is 9.83. The van der Waals surface area contributed by atoms with E-state index in [0.717, 1.165) is 28.0 Å². The van der Waals surface area contributed by atoms with Crippen LogP contribution < -0.4 is 11.1 Å². The summed E-state index contributed by atoms with van der Waals surface area (Å²) in [5.74, 6) is -0.291. The topological polar surface area (TPSA) is 110 Å². The molecule has 1 aromatic heterocycles. The van der Waals surface area contributed by atoms with Crippen molar-refractivity contribution in [3.63, 3.8) is 0 Å². The van der Waals surface area contributed by atoms with Gasteiger partial charge >= 0.3 is 5.97 Å². The zero-order valence-corrected chi connectivity index (χ0v) is 15.1. The normalized spacial score (nSPS) is 10.9. The van der Waals surface area contributed by atoms with Crippen LogP contribution in [0.2, 0.25) is 0 Å². The number of carboxylic acids is 1. The van der Waals surface area contributed by atoms with Crippen LogP contribution >= 0.6 is 0 Å². The number of carbonyl (C=O) groups is 2. The minimum atomic E-state index is -0.869. The van der Waals surface area contributed by atoms with Crippen molar-refractivity contribution in [1.29, 1.82) is 0 Å². The van der Waals surface area contributed by atoms with Gasteiger partial charge in [-0.2, -0.15) is 0 Å². The van der Waals surface area contributed by atoms with E-state index in [1.807, 2.05) is 41.9 Å². The molecule has 3 aromatic rings. The number of nitrogens with one attached hydrogen (secondary N) is 1. The van der Waals surface area contributed by atoms with Gasteiger partial charge in [0.25, 0.3) is 5.91 Å². The summed E-state index contributed by atoms with van der Waals surface area (Å²) in [6, 6.07) is 13.3. The van der Waals surface area contributed by atoms with Crippen molar-refractivity contribution >= 4 is 22.9 Å². The minimum absolute atomic E-state index is 0.0336. The van der Waals surface area contributed by atoms with Gasteiger partial charge in [0.1, 0.15) is 5.82 Å². The molecule has 0 aliphatic heterocycles. The molecule has 0 aliphatic rings. The van der Waals surface area contributed by atoms with Crippen LogP contribution in [0.5, 0.6) is 0 Å². The number of benzene rings is 2. The first-order valence-corrected chi connectivity index (χ1v) is 8.75. The predicted octanol–water partition coefficient (Wildman–Crippen LogP) is 2.29. The molecule has 1 amide bonds. The highest BCUT2D eigenvalue weighted by Crippen LogP contribution is 2.24. The SMILES string of the molecule is Cn1c(-c2ccc(CN)cc2)nc2cc(C(=O)NCCCC(=O)O)ccc21. The molecule has 0 fully saturated rings. The molecular weight excluding hydrogens is 344 g/mol. The highest BCUT2D eigenvalue weighted by molar-refractivity contribution is 5.97. The van der Waals surface area contributed by atoms with Gasteiger partial charge in [-0.05, 0) is 30.2 Å². The lowest BCUT2D eigenvalue weighted by Gasteiger charge is -2.05. The van der Waals surface area contributed by atoms with E-state index in [4.69, 9.17) is 10.8 Å². The number of hydrogen-bond donors (Lipinski definition) is 3. The van der Waals surface area contributed by atoms with E-state index in [2.05, 4.69) is 10.3 Å². The Balaban J connectivity index is 1.81. The van der Waals surface area contributed by atoms with Crippen LogP contribution in [-0.4, -0.2) is 33.1 Å². The zero-order valence-electron chi connectivity index (χ0n) is 15.1. The molecule has 27 heavy (non-hydrogen) atoms. The Morgan fingerprint density at radius 3 is 2.59 bits per heavy atom. The fraction of sp³-hybridized carbons (Fsp3) is 0.250. The second-order valence-corrected chi connectivity index (χ2v) is 6.35. The Bertz CT molecular complexity index is 977. The van der Waals surface area contributed by atoms with Crippen LogP contribution in [0.4, 0.5) is 0 Å². The van der Waals surface area contributed by atoms with Crippen molar-refractivity contribution in [3.8, 4) is 11.4 Å². The van der Waals surface area contributed by atoms with Gasteiger partial charge in [0, 0.05) is 37.7 Å². The third-order valence-electron chi connectivity index (χ3n) is 4.44. The van der Waals surface area contributed by atoms with Gasteiger partial charge in [-0.25, -0.2) is 4.98 Å². The van der Waals surface area contributed by atoms with E-state index in [9.17, 15) is 9.59 Å². The summed E-state index contributed by atoms with van der Waals surface area (Å²) in [5, 5.41) is 11.4. The highest BCUT2D eigenvalue weighted by atomic mass is 16.4. The van der Waals surface area contributed by atoms with Crippen LogP contribution in [0.25, 0.3) is 22.4 Å². The molecule has 7 heteroatoms. The van der Waals surface area contributed by atoms with E-state index in [-0.39, 0.29) is 12.3 Å². The number of imidazole rings is 1. The Morgan fingerprint density at radius 1 is 1.19 bits per heavy atom. The molecule has 3 rings (SSSR count). The summed E-state index contributed by atoms with van der Waals surface area (Å²) in [6.07, 6.45) is 0.432. The predicted molar refractivity (Wildman–Crippen MR) is 103 cm³/mol. The molecule has 0 bridgehead atoms. The molecule has 0 spiro atoms. The van der Waals surface area contributed by atoms with E-state index in [1.54, 1.807) is 12.1 Å². The Kier molecular flexibility index (Phi) is 5.52. The molecular formula is C20H22N4O3. The molecule has 0 radical (unpaired) electrons. The fourth-order valence-electron chi connectivity index (χ4n) is 2.93. The van der Waals surface area contributed by atoms with Gasteiger partial charge in [0.2, 0.25) is 0 Å². The van der Waals surface area contributed by atoms with Crippen LogP contribution in [0.1, 0.15) is 28.8 Å². The maximum absolute atomic E-state index is 12.3. The minimum Gasteiger partial charge on any atom is -0.481 e. The lowest BCUT2D eigenvalue weighted by Crippen LogP contribution is -2.24. The van der Waals surface area contributed by atoms with E-state index >= 15 is 0 Å². The number of aromatic nitrogens is 2. The zero-order chi connectivity index (χ0) is 19.4. The highest BCUT2D eigenvalue weighted by Gasteiger charge is 2.13. The van der Waals surface area contributed by atoms with Crippen molar-refractivity contribution in [2.45, 2.75) is 19.4 Å². The first kappa shape index (κ1) is 18.6. The smallest absolute Gasteiger partial charge is 0.303 e. The van der Waals surface area contributed by atoms with E-state index < -0.39 is 5.97 Å². The molecule has 2 aromatic carbocycles. The van der Waals surface area contributed by atoms with Crippen molar-refractivity contribution in [2.24, 2.45) is 12.8 Å². The number of aryl methyl sites for hydroxylation is 1. The maximum atomic E-state index is 12.3. The molecule has 0 atom stereocenters. The first-order valence-electron chi connectivity index (χ1n) is 8.75. The number of nitrogens with two attached hydrogens (primary N) is 1. The van der Waals surface area contributed by atoms with Gasteiger partial charge in [0.05, 0.1) is 11.0 Å². The second-order valence-electron chi connectivity index (χ2n) is 6.35. The molecule has 7 nitrogen and oxygen atoms in total. The Labute approximate surface area is 156 Å². The molecule has 0 aliphatic carbocycles. The van der Waals surface area contributed by atoms with E-state index in [0.29, 0.717) is 25.1 Å². The molecule has 140 valence electrons. The molecule has 0 saturated heterocycles. The van der Waals surface area contributed by atoms with Crippen molar-refractivity contribution < 1.29 is 14.7 Å². The van der Waals surface area contributed by atoms with Gasteiger partial charge in [-0.15, -0.1) is 0 Å². The molecule has 0 unspecified atom stereocenters. The monoisotopic (exact) mass is 366 g/mol. The van der Waals surface area contributed by atoms with Gasteiger partial charge < -0.3 is 20.7 Å². The van der Waals surface area contributed by atoms with Crippen LogP contribution in [-0.2, 0) is 18.4 Å².